The summed E-state index contributed by atoms with van der Waals surface area (Å²) in [5, 5.41) is 3.68. The predicted molar refractivity (Wildman–Crippen MR) is 71.4 cm³/mol. The van der Waals surface area contributed by atoms with Crippen LogP contribution in [-0.4, -0.2) is 4.98 Å². The van der Waals surface area contributed by atoms with Crippen molar-refractivity contribution in [1.29, 1.82) is 0 Å². The van der Waals surface area contributed by atoms with E-state index in [4.69, 9.17) is 0 Å². The molecule has 4 heteroatoms. The highest BCUT2D eigenvalue weighted by Gasteiger charge is 2.10. The van der Waals surface area contributed by atoms with Gasteiger partial charge in [0.25, 0.3) is 0 Å². The van der Waals surface area contributed by atoms with Gasteiger partial charge in [0.2, 0.25) is 0 Å². The molecule has 0 fully saturated rings. The molecule has 0 unspecified atom stereocenters. The first-order valence-corrected chi connectivity index (χ1v) is 5.80. The smallest absolute Gasteiger partial charge is 0.149 e. The lowest BCUT2D eigenvalue weighted by molar-refractivity contribution is 0.591. The van der Waals surface area contributed by atoms with Crippen LogP contribution in [0, 0.1) is 11.6 Å². The molecule has 2 nitrogen and oxygen atoms in total. The molecular formula is C15H10F2N2. The largest absolute Gasteiger partial charge is 0.349 e. The van der Waals surface area contributed by atoms with E-state index in [2.05, 4.69) is 10.3 Å². The average Bonchev–Trinajstić information content (AvgIpc) is 2.43. The average molecular weight is 256 g/mol. The third kappa shape index (κ3) is 2.12. The van der Waals surface area contributed by atoms with Gasteiger partial charge in [-0.25, -0.2) is 8.78 Å². The molecule has 0 atom stereocenters. The standard InChI is InChI=1S/C15H10F2N2/c16-11-6-2-7-12(17)15(11)19-13-8-1-4-10-5-3-9-18-14(10)13/h1-9,19H. The molecule has 1 heterocycles. The van der Waals surface area contributed by atoms with Gasteiger partial charge in [-0.05, 0) is 24.3 Å². The van der Waals surface area contributed by atoms with Crippen LogP contribution in [0.25, 0.3) is 10.9 Å². The fourth-order valence-corrected chi connectivity index (χ4v) is 1.96. The maximum Gasteiger partial charge on any atom is 0.149 e. The maximum absolute atomic E-state index is 13.6. The molecule has 2 aromatic carbocycles. The Hall–Kier alpha value is -2.49. The summed E-state index contributed by atoms with van der Waals surface area (Å²) in [7, 11) is 0. The molecule has 1 N–H and O–H groups in total. The summed E-state index contributed by atoms with van der Waals surface area (Å²) in [6, 6.07) is 12.9. The molecule has 1 aromatic heterocycles. The van der Waals surface area contributed by atoms with Gasteiger partial charge in [0.1, 0.15) is 17.3 Å². The molecule has 0 saturated heterocycles. The van der Waals surface area contributed by atoms with Crippen molar-refractivity contribution >= 4 is 22.3 Å². The van der Waals surface area contributed by atoms with Crippen LogP contribution in [0.3, 0.4) is 0 Å². The maximum atomic E-state index is 13.6. The van der Waals surface area contributed by atoms with E-state index in [-0.39, 0.29) is 5.69 Å². The highest BCUT2D eigenvalue weighted by molar-refractivity contribution is 5.91. The number of para-hydroxylation sites is 2. The molecule has 0 bridgehead atoms. The summed E-state index contributed by atoms with van der Waals surface area (Å²) in [6.45, 7) is 0. The number of nitrogens with zero attached hydrogens (tertiary/aromatic N) is 1. The minimum Gasteiger partial charge on any atom is -0.349 e. The Bertz CT molecular complexity index is 716. The first kappa shape index (κ1) is 11.6. The van der Waals surface area contributed by atoms with Gasteiger partial charge in [0.15, 0.2) is 0 Å². The Balaban J connectivity index is 2.11. The second-order valence-electron chi connectivity index (χ2n) is 4.10. The molecule has 19 heavy (non-hydrogen) atoms. The number of anilines is 2. The van der Waals surface area contributed by atoms with E-state index < -0.39 is 11.6 Å². The van der Waals surface area contributed by atoms with E-state index >= 15 is 0 Å². The third-order valence-corrected chi connectivity index (χ3v) is 2.86. The SMILES string of the molecule is Fc1cccc(F)c1Nc1cccc2cccnc12. The lowest BCUT2D eigenvalue weighted by atomic mass is 10.2. The molecule has 0 aliphatic heterocycles. The number of nitrogens with one attached hydrogen (secondary N) is 1. The first-order chi connectivity index (χ1) is 9.25. The van der Waals surface area contributed by atoms with Crippen LogP contribution in [-0.2, 0) is 0 Å². The van der Waals surface area contributed by atoms with Crippen LogP contribution in [0.2, 0.25) is 0 Å². The molecule has 0 spiro atoms. The number of benzene rings is 2. The van der Waals surface area contributed by atoms with Gasteiger partial charge in [0.05, 0.1) is 11.2 Å². The van der Waals surface area contributed by atoms with E-state index in [0.717, 1.165) is 5.39 Å². The fourth-order valence-electron chi connectivity index (χ4n) is 1.96. The Morgan fingerprint density at radius 2 is 1.53 bits per heavy atom. The quantitative estimate of drug-likeness (QED) is 0.741. The normalized spacial score (nSPS) is 10.6. The highest BCUT2D eigenvalue weighted by atomic mass is 19.1. The Labute approximate surface area is 108 Å². The van der Waals surface area contributed by atoms with Gasteiger partial charge in [-0.1, -0.05) is 24.3 Å². The topological polar surface area (TPSA) is 24.9 Å². The number of halogens is 2. The number of rotatable bonds is 2. The summed E-state index contributed by atoms with van der Waals surface area (Å²) < 4.78 is 27.2. The predicted octanol–water partition coefficient (Wildman–Crippen LogP) is 4.26. The second-order valence-corrected chi connectivity index (χ2v) is 4.10. The zero-order chi connectivity index (χ0) is 13.2. The molecule has 0 amide bonds. The van der Waals surface area contributed by atoms with Crippen molar-refractivity contribution in [2.45, 2.75) is 0 Å². The summed E-state index contributed by atoms with van der Waals surface area (Å²) in [5.74, 6) is -1.26. The van der Waals surface area contributed by atoms with Crippen LogP contribution in [0.5, 0.6) is 0 Å². The van der Waals surface area contributed by atoms with Crippen LogP contribution in [0.4, 0.5) is 20.2 Å². The monoisotopic (exact) mass is 256 g/mol. The van der Waals surface area contributed by atoms with Gasteiger partial charge < -0.3 is 5.32 Å². The van der Waals surface area contributed by atoms with Gasteiger partial charge in [-0.15, -0.1) is 0 Å². The highest BCUT2D eigenvalue weighted by Crippen LogP contribution is 2.27. The minimum absolute atomic E-state index is 0.166. The molecule has 3 rings (SSSR count). The van der Waals surface area contributed by atoms with Crippen LogP contribution in [0.15, 0.2) is 54.7 Å². The van der Waals surface area contributed by atoms with E-state index in [1.54, 1.807) is 12.3 Å². The first-order valence-electron chi connectivity index (χ1n) is 5.80. The summed E-state index contributed by atoms with van der Waals surface area (Å²) >= 11 is 0. The number of hydrogen-bond acceptors (Lipinski definition) is 2. The Morgan fingerprint density at radius 3 is 2.32 bits per heavy atom. The van der Waals surface area contributed by atoms with Crippen molar-refractivity contribution in [1.82, 2.24) is 4.98 Å². The molecule has 0 radical (unpaired) electrons. The second kappa shape index (κ2) is 4.65. The van der Waals surface area contributed by atoms with Gasteiger partial charge in [-0.3, -0.25) is 4.98 Å². The van der Waals surface area contributed by atoms with E-state index in [9.17, 15) is 8.78 Å². The molecule has 0 aliphatic rings. The van der Waals surface area contributed by atoms with E-state index in [0.29, 0.717) is 11.2 Å². The van der Waals surface area contributed by atoms with Crippen LogP contribution < -0.4 is 5.32 Å². The number of hydrogen-bond donors (Lipinski definition) is 1. The zero-order valence-electron chi connectivity index (χ0n) is 9.90. The van der Waals surface area contributed by atoms with Crippen molar-refractivity contribution < 1.29 is 8.78 Å². The molecular weight excluding hydrogens is 246 g/mol. The Morgan fingerprint density at radius 1 is 0.842 bits per heavy atom. The van der Waals surface area contributed by atoms with Crippen molar-refractivity contribution in [2.75, 3.05) is 5.32 Å². The lowest BCUT2D eigenvalue weighted by Crippen LogP contribution is -1.98. The fraction of sp³-hybridized carbons (Fsp3) is 0. The van der Waals surface area contributed by atoms with Crippen LogP contribution >= 0.6 is 0 Å². The third-order valence-electron chi connectivity index (χ3n) is 2.86. The summed E-state index contributed by atoms with van der Waals surface area (Å²) in [6.07, 6.45) is 1.64. The van der Waals surface area contributed by atoms with Gasteiger partial charge in [-0.2, -0.15) is 0 Å². The summed E-state index contributed by atoms with van der Waals surface area (Å²) in [4.78, 5) is 4.23. The van der Waals surface area contributed by atoms with Gasteiger partial charge in [0, 0.05) is 11.6 Å². The Kier molecular flexibility index (Phi) is 2.83. The molecule has 0 aliphatic carbocycles. The number of aromatic nitrogens is 1. The molecule has 0 saturated carbocycles. The van der Waals surface area contributed by atoms with Gasteiger partial charge >= 0.3 is 0 Å². The number of pyridine rings is 1. The molecule has 94 valence electrons. The number of fused-ring (bicyclic) bond motifs is 1. The van der Waals surface area contributed by atoms with Crippen molar-refractivity contribution in [3.63, 3.8) is 0 Å². The molecule has 3 aromatic rings. The van der Waals surface area contributed by atoms with Crippen molar-refractivity contribution in [3.05, 3.63) is 66.4 Å². The zero-order valence-corrected chi connectivity index (χ0v) is 9.90. The van der Waals surface area contributed by atoms with E-state index in [1.165, 1.54) is 18.2 Å². The lowest BCUT2D eigenvalue weighted by Gasteiger charge is -2.10. The van der Waals surface area contributed by atoms with Crippen LogP contribution in [0.1, 0.15) is 0 Å². The van der Waals surface area contributed by atoms with Crippen molar-refractivity contribution in [2.24, 2.45) is 0 Å². The minimum atomic E-state index is -0.632. The van der Waals surface area contributed by atoms with E-state index in [1.807, 2.05) is 24.3 Å². The van der Waals surface area contributed by atoms with Crippen molar-refractivity contribution in [3.8, 4) is 0 Å². The summed E-state index contributed by atoms with van der Waals surface area (Å²) in [5.41, 5.74) is 1.08.